The number of piperazine rings is 1. The van der Waals surface area contributed by atoms with Gasteiger partial charge in [0.1, 0.15) is 5.75 Å². The summed E-state index contributed by atoms with van der Waals surface area (Å²) in [5.74, 6) is 1.01. The average molecular weight is 220 g/mol. The maximum Gasteiger partial charge on any atom is 0.122 e. The van der Waals surface area contributed by atoms with E-state index in [1.807, 2.05) is 12.1 Å². The highest BCUT2D eigenvalue weighted by molar-refractivity contribution is 5.33. The van der Waals surface area contributed by atoms with Crippen LogP contribution in [0.4, 0.5) is 0 Å². The lowest BCUT2D eigenvalue weighted by Crippen LogP contribution is -2.48. The molecular weight excluding hydrogens is 200 g/mol. The van der Waals surface area contributed by atoms with Gasteiger partial charge in [-0.05, 0) is 24.5 Å². The first-order valence-corrected chi connectivity index (χ1v) is 5.96. The van der Waals surface area contributed by atoms with Gasteiger partial charge in [0.15, 0.2) is 0 Å². The summed E-state index contributed by atoms with van der Waals surface area (Å²) in [6, 6.07) is 8.86. The molecule has 1 unspecified atom stereocenters. The number of rotatable bonds is 4. The van der Waals surface area contributed by atoms with Crippen LogP contribution in [0.5, 0.6) is 5.75 Å². The van der Waals surface area contributed by atoms with Crippen LogP contribution in [0.25, 0.3) is 0 Å². The van der Waals surface area contributed by atoms with E-state index in [2.05, 4.69) is 22.8 Å². The van der Waals surface area contributed by atoms with Crippen LogP contribution in [-0.2, 0) is 6.42 Å². The lowest BCUT2D eigenvalue weighted by atomic mass is 10.0. The smallest absolute Gasteiger partial charge is 0.122 e. The SMILES string of the molecule is COc1ccccc1CCC1CNCCN1. The summed E-state index contributed by atoms with van der Waals surface area (Å²) >= 11 is 0. The van der Waals surface area contributed by atoms with Crippen LogP contribution in [0.2, 0.25) is 0 Å². The van der Waals surface area contributed by atoms with E-state index in [4.69, 9.17) is 4.74 Å². The second kappa shape index (κ2) is 5.87. The molecule has 88 valence electrons. The first kappa shape index (κ1) is 11.4. The molecule has 0 saturated carbocycles. The number of hydrogen-bond acceptors (Lipinski definition) is 3. The molecule has 2 rings (SSSR count). The number of benzene rings is 1. The normalized spacial score (nSPS) is 20.7. The van der Waals surface area contributed by atoms with Crippen molar-refractivity contribution in [1.82, 2.24) is 10.6 Å². The van der Waals surface area contributed by atoms with Crippen LogP contribution in [-0.4, -0.2) is 32.8 Å². The number of para-hydroxylation sites is 1. The minimum absolute atomic E-state index is 0.596. The first-order chi connectivity index (χ1) is 7.90. The monoisotopic (exact) mass is 220 g/mol. The quantitative estimate of drug-likeness (QED) is 0.799. The first-order valence-electron chi connectivity index (χ1n) is 5.96. The molecule has 16 heavy (non-hydrogen) atoms. The van der Waals surface area contributed by atoms with Crippen molar-refractivity contribution in [3.63, 3.8) is 0 Å². The lowest BCUT2D eigenvalue weighted by Gasteiger charge is -2.24. The van der Waals surface area contributed by atoms with Gasteiger partial charge in [0.2, 0.25) is 0 Å². The summed E-state index contributed by atoms with van der Waals surface area (Å²) in [7, 11) is 1.74. The van der Waals surface area contributed by atoms with E-state index >= 15 is 0 Å². The molecule has 0 spiro atoms. The van der Waals surface area contributed by atoms with E-state index in [0.717, 1.165) is 38.2 Å². The van der Waals surface area contributed by atoms with Gasteiger partial charge in [-0.1, -0.05) is 18.2 Å². The van der Waals surface area contributed by atoms with Crippen molar-refractivity contribution in [3.05, 3.63) is 29.8 Å². The predicted molar refractivity (Wildman–Crippen MR) is 66.0 cm³/mol. The fraction of sp³-hybridized carbons (Fsp3) is 0.538. The Labute approximate surface area is 97.2 Å². The molecule has 0 amide bonds. The molecule has 1 aliphatic rings. The lowest BCUT2D eigenvalue weighted by molar-refractivity contribution is 0.389. The van der Waals surface area contributed by atoms with E-state index in [1.54, 1.807) is 7.11 Å². The molecule has 1 fully saturated rings. The molecule has 1 saturated heterocycles. The van der Waals surface area contributed by atoms with Gasteiger partial charge in [-0.2, -0.15) is 0 Å². The van der Waals surface area contributed by atoms with Crippen LogP contribution in [0.1, 0.15) is 12.0 Å². The fourth-order valence-corrected chi connectivity index (χ4v) is 2.16. The standard InChI is InChI=1S/C13H20N2O/c1-16-13-5-3-2-4-11(13)6-7-12-10-14-8-9-15-12/h2-5,12,14-15H,6-10H2,1H3. The van der Waals surface area contributed by atoms with Crippen molar-refractivity contribution in [2.45, 2.75) is 18.9 Å². The molecule has 1 aliphatic heterocycles. The third kappa shape index (κ3) is 2.97. The third-order valence-corrected chi connectivity index (χ3v) is 3.08. The van der Waals surface area contributed by atoms with Gasteiger partial charge in [0.05, 0.1) is 7.11 Å². The molecule has 3 heteroatoms. The largest absolute Gasteiger partial charge is 0.496 e. The van der Waals surface area contributed by atoms with Gasteiger partial charge < -0.3 is 15.4 Å². The van der Waals surface area contributed by atoms with Gasteiger partial charge in [0.25, 0.3) is 0 Å². The number of aryl methyl sites for hydroxylation is 1. The van der Waals surface area contributed by atoms with E-state index in [1.165, 1.54) is 5.56 Å². The zero-order valence-corrected chi connectivity index (χ0v) is 9.83. The molecule has 0 aliphatic carbocycles. The molecule has 2 N–H and O–H groups in total. The van der Waals surface area contributed by atoms with E-state index in [9.17, 15) is 0 Å². The van der Waals surface area contributed by atoms with Crippen LogP contribution in [0, 0.1) is 0 Å². The molecule has 0 radical (unpaired) electrons. The second-order valence-corrected chi connectivity index (χ2v) is 4.21. The predicted octanol–water partition coefficient (Wildman–Crippen LogP) is 1.19. The molecule has 1 atom stereocenters. The van der Waals surface area contributed by atoms with Gasteiger partial charge in [0, 0.05) is 25.7 Å². The molecule has 1 heterocycles. The van der Waals surface area contributed by atoms with Crippen molar-refractivity contribution >= 4 is 0 Å². The van der Waals surface area contributed by atoms with Gasteiger partial charge >= 0.3 is 0 Å². The van der Waals surface area contributed by atoms with E-state index in [0.29, 0.717) is 6.04 Å². The second-order valence-electron chi connectivity index (χ2n) is 4.21. The van der Waals surface area contributed by atoms with Crippen LogP contribution in [0.3, 0.4) is 0 Å². The van der Waals surface area contributed by atoms with Gasteiger partial charge in [-0.25, -0.2) is 0 Å². The van der Waals surface area contributed by atoms with Crippen molar-refractivity contribution in [2.75, 3.05) is 26.7 Å². The summed E-state index contributed by atoms with van der Waals surface area (Å²) in [5, 5.41) is 6.93. The summed E-state index contributed by atoms with van der Waals surface area (Å²) in [5.41, 5.74) is 1.30. The number of ether oxygens (including phenoxy) is 1. The minimum atomic E-state index is 0.596. The molecule has 1 aromatic rings. The summed E-state index contributed by atoms with van der Waals surface area (Å²) in [6.07, 6.45) is 2.23. The zero-order valence-electron chi connectivity index (χ0n) is 9.83. The highest BCUT2D eigenvalue weighted by Gasteiger charge is 2.12. The Kier molecular flexibility index (Phi) is 4.19. The summed E-state index contributed by atoms with van der Waals surface area (Å²) < 4.78 is 5.35. The highest BCUT2D eigenvalue weighted by atomic mass is 16.5. The molecule has 1 aromatic carbocycles. The molecule has 0 bridgehead atoms. The Morgan fingerprint density at radius 2 is 2.19 bits per heavy atom. The molecule has 0 aromatic heterocycles. The summed E-state index contributed by atoms with van der Waals surface area (Å²) in [6.45, 7) is 3.25. The van der Waals surface area contributed by atoms with Gasteiger partial charge in [-0.15, -0.1) is 0 Å². The van der Waals surface area contributed by atoms with E-state index < -0.39 is 0 Å². The maximum atomic E-state index is 5.35. The minimum Gasteiger partial charge on any atom is -0.496 e. The summed E-state index contributed by atoms with van der Waals surface area (Å²) in [4.78, 5) is 0. The Bertz CT molecular complexity index is 321. The van der Waals surface area contributed by atoms with E-state index in [-0.39, 0.29) is 0 Å². The van der Waals surface area contributed by atoms with Crippen molar-refractivity contribution in [2.24, 2.45) is 0 Å². The number of hydrogen-bond donors (Lipinski definition) is 2. The highest BCUT2D eigenvalue weighted by Crippen LogP contribution is 2.19. The van der Waals surface area contributed by atoms with Gasteiger partial charge in [-0.3, -0.25) is 0 Å². The fourth-order valence-electron chi connectivity index (χ4n) is 2.16. The number of methoxy groups -OCH3 is 1. The Balaban J connectivity index is 1.88. The average Bonchev–Trinajstić information content (AvgIpc) is 2.38. The van der Waals surface area contributed by atoms with Crippen LogP contribution in [0.15, 0.2) is 24.3 Å². The Hall–Kier alpha value is -1.06. The number of nitrogens with one attached hydrogen (secondary N) is 2. The third-order valence-electron chi connectivity index (χ3n) is 3.08. The van der Waals surface area contributed by atoms with Crippen LogP contribution >= 0.6 is 0 Å². The molecule has 3 nitrogen and oxygen atoms in total. The van der Waals surface area contributed by atoms with Crippen molar-refractivity contribution in [1.29, 1.82) is 0 Å². The Morgan fingerprint density at radius 1 is 1.31 bits per heavy atom. The topological polar surface area (TPSA) is 33.3 Å². The zero-order chi connectivity index (χ0) is 11.2. The van der Waals surface area contributed by atoms with Crippen molar-refractivity contribution < 1.29 is 4.74 Å². The van der Waals surface area contributed by atoms with Crippen LogP contribution < -0.4 is 15.4 Å². The molecular formula is C13H20N2O. The van der Waals surface area contributed by atoms with Crippen molar-refractivity contribution in [3.8, 4) is 5.75 Å². The Morgan fingerprint density at radius 3 is 2.94 bits per heavy atom. The maximum absolute atomic E-state index is 5.35.